The minimum absolute atomic E-state index is 0.00157. The van der Waals surface area contributed by atoms with Crippen LogP contribution in [0.1, 0.15) is 27.7 Å². The van der Waals surface area contributed by atoms with Crippen LogP contribution in [0.3, 0.4) is 0 Å². The first kappa shape index (κ1) is 20.1. The summed E-state index contributed by atoms with van der Waals surface area (Å²) >= 11 is 7.55. The molecule has 0 unspecified atom stereocenters. The Kier molecular flexibility index (Phi) is 5.72. The van der Waals surface area contributed by atoms with Gasteiger partial charge in [-0.25, -0.2) is 4.98 Å². The predicted octanol–water partition coefficient (Wildman–Crippen LogP) is 3.25. The van der Waals surface area contributed by atoms with Gasteiger partial charge in [0, 0.05) is 31.2 Å². The molecule has 3 aromatic rings. The second-order valence-electron chi connectivity index (χ2n) is 7.23. The first-order valence-electron chi connectivity index (χ1n) is 9.73. The number of aryl methyl sites for hydroxylation is 1. The minimum atomic E-state index is -0.140. The van der Waals surface area contributed by atoms with Crippen LogP contribution in [-0.4, -0.2) is 58.0 Å². The van der Waals surface area contributed by atoms with Gasteiger partial charge in [0.05, 0.1) is 23.1 Å². The van der Waals surface area contributed by atoms with E-state index in [1.807, 2.05) is 30.0 Å². The van der Waals surface area contributed by atoms with Gasteiger partial charge in [0.15, 0.2) is 0 Å². The van der Waals surface area contributed by atoms with Crippen molar-refractivity contribution in [2.24, 2.45) is 0 Å². The van der Waals surface area contributed by atoms with Gasteiger partial charge in [-0.05, 0) is 30.7 Å². The smallest absolute Gasteiger partial charge is 0.264 e. The third-order valence-electron chi connectivity index (χ3n) is 5.52. The van der Waals surface area contributed by atoms with E-state index in [2.05, 4.69) is 16.8 Å². The van der Waals surface area contributed by atoms with Crippen molar-refractivity contribution >= 4 is 39.1 Å². The number of fused-ring (bicyclic) bond motifs is 1. The second kappa shape index (κ2) is 8.26. The molecule has 2 aromatic heterocycles. The molecule has 6 nitrogen and oxygen atoms in total. The molecule has 0 N–H and O–H groups in total. The molecule has 8 heteroatoms. The Morgan fingerprint density at radius 2 is 1.93 bits per heavy atom. The quantitative estimate of drug-likeness (QED) is 0.637. The molecule has 0 radical (unpaired) electrons. The largest absolute Gasteiger partial charge is 0.335 e. The first-order chi connectivity index (χ1) is 14.0. The number of halogens is 1. The maximum absolute atomic E-state index is 13.1. The van der Waals surface area contributed by atoms with E-state index < -0.39 is 0 Å². The molecule has 1 aromatic carbocycles. The average Bonchev–Trinajstić information content (AvgIpc) is 3.08. The fourth-order valence-corrected chi connectivity index (χ4v) is 5.00. The highest BCUT2D eigenvalue weighted by Crippen LogP contribution is 2.28. The van der Waals surface area contributed by atoms with Crippen LogP contribution in [0.2, 0.25) is 5.02 Å². The van der Waals surface area contributed by atoms with Gasteiger partial charge in [-0.1, -0.05) is 36.7 Å². The number of rotatable bonds is 4. The number of piperazine rings is 1. The van der Waals surface area contributed by atoms with Crippen LogP contribution in [-0.2, 0) is 6.54 Å². The summed E-state index contributed by atoms with van der Waals surface area (Å²) in [5, 5.41) is 1.14. The lowest BCUT2D eigenvalue weighted by Gasteiger charge is -2.33. The van der Waals surface area contributed by atoms with E-state index in [0.29, 0.717) is 39.8 Å². The van der Waals surface area contributed by atoms with Gasteiger partial charge in [-0.3, -0.25) is 14.2 Å². The summed E-state index contributed by atoms with van der Waals surface area (Å²) in [5.41, 5.74) is 1.44. The predicted molar refractivity (Wildman–Crippen MR) is 117 cm³/mol. The summed E-state index contributed by atoms with van der Waals surface area (Å²) in [6, 6.07) is 7.45. The van der Waals surface area contributed by atoms with Crippen molar-refractivity contribution in [1.29, 1.82) is 0 Å². The molecular weight excluding hydrogens is 408 g/mol. The number of hydrogen-bond donors (Lipinski definition) is 0. The number of aromatic nitrogens is 2. The molecule has 152 valence electrons. The summed E-state index contributed by atoms with van der Waals surface area (Å²) in [4.78, 5) is 36.1. The van der Waals surface area contributed by atoms with Crippen molar-refractivity contribution < 1.29 is 4.79 Å². The zero-order valence-corrected chi connectivity index (χ0v) is 18.1. The Hall–Kier alpha value is -2.22. The van der Waals surface area contributed by atoms with Gasteiger partial charge in [0.2, 0.25) is 0 Å². The second-order valence-corrected chi connectivity index (χ2v) is 8.64. The van der Waals surface area contributed by atoms with Crippen LogP contribution in [0.25, 0.3) is 10.2 Å². The number of benzene rings is 1. The highest BCUT2D eigenvalue weighted by molar-refractivity contribution is 7.20. The van der Waals surface area contributed by atoms with Crippen molar-refractivity contribution in [3.8, 4) is 0 Å². The maximum Gasteiger partial charge on any atom is 0.264 e. The fourth-order valence-electron chi connectivity index (χ4n) is 3.70. The summed E-state index contributed by atoms with van der Waals surface area (Å²) in [6.07, 6.45) is 1.54. The van der Waals surface area contributed by atoms with Gasteiger partial charge in [-0.15, -0.1) is 11.3 Å². The van der Waals surface area contributed by atoms with Crippen LogP contribution >= 0.6 is 22.9 Å². The number of amides is 1. The fraction of sp³-hybridized carbons (Fsp3) is 0.381. The summed E-state index contributed by atoms with van der Waals surface area (Å²) in [5.74, 6) is -0.00157. The third-order valence-corrected chi connectivity index (χ3v) is 7.07. The van der Waals surface area contributed by atoms with Gasteiger partial charge in [0.1, 0.15) is 4.83 Å². The Morgan fingerprint density at radius 3 is 2.62 bits per heavy atom. The standard InChI is InChI=1S/C21H23ClN4O2S/c1-3-24-8-10-25(11-9-24)21(28)18-14(2)17-19(29-18)23-13-26(20(17)27)12-15-6-4-5-7-16(15)22/h4-7,13H,3,8-12H2,1-2H3. The van der Waals surface area contributed by atoms with E-state index in [1.165, 1.54) is 17.7 Å². The van der Waals surface area contributed by atoms with E-state index in [-0.39, 0.29) is 11.5 Å². The Bertz CT molecular complexity index is 1120. The van der Waals surface area contributed by atoms with Gasteiger partial charge in [0.25, 0.3) is 11.5 Å². The van der Waals surface area contributed by atoms with Gasteiger partial charge in [-0.2, -0.15) is 0 Å². The van der Waals surface area contributed by atoms with E-state index >= 15 is 0 Å². The number of thiophene rings is 1. The highest BCUT2D eigenvalue weighted by Gasteiger charge is 2.26. The summed E-state index contributed by atoms with van der Waals surface area (Å²) < 4.78 is 1.55. The first-order valence-corrected chi connectivity index (χ1v) is 10.9. The van der Waals surface area contributed by atoms with Gasteiger partial charge < -0.3 is 9.80 Å². The highest BCUT2D eigenvalue weighted by atomic mass is 35.5. The lowest BCUT2D eigenvalue weighted by molar-refractivity contribution is 0.0647. The normalized spacial score (nSPS) is 15.2. The molecule has 1 aliphatic heterocycles. The molecule has 0 atom stereocenters. The van der Waals surface area contributed by atoms with Crippen molar-refractivity contribution in [2.45, 2.75) is 20.4 Å². The topological polar surface area (TPSA) is 58.4 Å². The molecule has 0 bridgehead atoms. The molecule has 3 heterocycles. The molecule has 1 fully saturated rings. The number of carbonyl (C=O) groups excluding carboxylic acids is 1. The lowest BCUT2D eigenvalue weighted by Crippen LogP contribution is -2.48. The zero-order valence-electron chi connectivity index (χ0n) is 16.5. The van der Waals surface area contributed by atoms with Crippen molar-refractivity contribution in [1.82, 2.24) is 19.4 Å². The van der Waals surface area contributed by atoms with Crippen molar-refractivity contribution in [2.75, 3.05) is 32.7 Å². The SMILES string of the molecule is CCN1CCN(C(=O)c2sc3ncn(Cc4ccccc4Cl)c(=O)c3c2C)CC1. The monoisotopic (exact) mass is 430 g/mol. The summed E-state index contributed by atoms with van der Waals surface area (Å²) in [7, 11) is 0. The van der Waals surface area contributed by atoms with E-state index in [9.17, 15) is 9.59 Å². The lowest BCUT2D eigenvalue weighted by atomic mass is 10.2. The molecule has 0 spiro atoms. The van der Waals surface area contributed by atoms with Crippen LogP contribution in [0.15, 0.2) is 35.4 Å². The molecule has 4 rings (SSSR count). The van der Waals surface area contributed by atoms with Crippen molar-refractivity contribution in [3.05, 3.63) is 62.0 Å². The van der Waals surface area contributed by atoms with Gasteiger partial charge >= 0.3 is 0 Å². The van der Waals surface area contributed by atoms with Crippen LogP contribution in [0.4, 0.5) is 0 Å². The average molecular weight is 431 g/mol. The van der Waals surface area contributed by atoms with E-state index in [4.69, 9.17) is 11.6 Å². The summed E-state index contributed by atoms with van der Waals surface area (Å²) in [6.45, 7) is 8.52. The third kappa shape index (κ3) is 3.82. The Morgan fingerprint density at radius 1 is 1.21 bits per heavy atom. The molecule has 1 amide bonds. The number of nitrogens with zero attached hydrogens (tertiary/aromatic N) is 4. The molecule has 1 saturated heterocycles. The van der Waals surface area contributed by atoms with Crippen LogP contribution < -0.4 is 5.56 Å². The molecule has 0 saturated carbocycles. The molecule has 29 heavy (non-hydrogen) atoms. The van der Waals surface area contributed by atoms with E-state index in [0.717, 1.165) is 30.8 Å². The molecular formula is C21H23ClN4O2S. The molecule has 0 aliphatic carbocycles. The number of likely N-dealkylation sites (N-methyl/N-ethyl adjacent to an activating group) is 1. The molecule has 1 aliphatic rings. The Labute approximate surface area is 178 Å². The van der Waals surface area contributed by atoms with Crippen LogP contribution in [0, 0.1) is 6.92 Å². The zero-order chi connectivity index (χ0) is 20.5. The van der Waals surface area contributed by atoms with Crippen molar-refractivity contribution in [3.63, 3.8) is 0 Å². The maximum atomic E-state index is 13.1. The minimum Gasteiger partial charge on any atom is -0.335 e. The Balaban J connectivity index is 1.66. The van der Waals surface area contributed by atoms with Crippen LogP contribution in [0.5, 0.6) is 0 Å². The number of hydrogen-bond acceptors (Lipinski definition) is 5. The van der Waals surface area contributed by atoms with E-state index in [1.54, 1.807) is 10.6 Å². The number of carbonyl (C=O) groups is 1.